The van der Waals surface area contributed by atoms with E-state index in [9.17, 15) is 9.90 Å². The van der Waals surface area contributed by atoms with Crippen molar-refractivity contribution in [1.82, 2.24) is 4.98 Å². The van der Waals surface area contributed by atoms with E-state index in [0.717, 1.165) is 37.9 Å². The zero-order chi connectivity index (χ0) is 14.6. The molecule has 0 atom stereocenters. The molecule has 1 heterocycles. The third kappa shape index (κ3) is 2.90. The third-order valence-corrected chi connectivity index (χ3v) is 4.20. The zero-order valence-corrected chi connectivity index (χ0v) is 11.7. The Morgan fingerprint density at radius 3 is 2.65 bits per heavy atom. The van der Waals surface area contributed by atoms with Crippen LogP contribution in [0.25, 0.3) is 0 Å². The fraction of sp³-hybridized carbons (Fsp3) is 0.533. The van der Waals surface area contributed by atoms with Gasteiger partial charge in [0.2, 0.25) is 0 Å². The van der Waals surface area contributed by atoms with Gasteiger partial charge in [-0.05, 0) is 25.0 Å². The molecule has 5 nitrogen and oxygen atoms in total. The predicted molar refractivity (Wildman–Crippen MR) is 75.4 cm³/mol. The molecule has 1 aliphatic rings. The van der Waals surface area contributed by atoms with E-state index in [0.29, 0.717) is 5.56 Å². The number of carboxylic acid groups (broad SMARTS) is 1. The molecule has 20 heavy (non-hydrogen) atoms. The van der Waals surface area contributed by atoms with Crippen molar-refractivity contribution in [3.05, 3.63) is 23.9 Å². The van der Waals surface area contributed by atoms with E-state index >= 15 is 0 Å². The molecular formula is C15H19N3O2. The number of nitrogens with zero attached hydrogens (tertiary/aromatic N) is 3. The Labute approximate surface area is 118 Å². The van der Waals surface area contributed by atoms with E-state index in [1.165, 1.54) is 6.20 Å². The molecule has 0 spiro atoms. The van der Waals surface area contributed by atoms with Crippen LogP contribution in [0.2, 0.25) is 0 Å². The van der Waals surface area contributed by atoms with Gasteiger partial charge >= 0.3 is 5.97 Å². The molecule has 1 fully saturated rings. The van der Waals surface area contributed by atoms with Crippen LogP contribution in [0.15, 0.2) is 18.3 Å². The van der Waals surface area contributed by atoms with Crippen LogP contribution in [-0.4, -0.2) is 28.6 Å². The Bertz CT molecular complexity index is 513. The Morgan fingerprint density at radius 2 is 2.15 bits per heavy atom. The number of nitriles is 1. The zero-order valence-electron chi connectivity index (χ0n) is 11.7. The summed E-state index contributed by atoms with van der Waals surface area (Å²) < 4.78 is 0. The van der Waals surface area contributed by atoms with Gasteiger partial charge < -0.3 is 10.0 Å². The minimum absolute atomic E-state index is 0.130. The van der Waals surface area contributed by atoms with Crippen LogP contribution >= 0.6 is 0 Å². The summed E-state index contributed by atoms with van der Waals surface area (Å²) in [6, 6.07) is 5.55. The van der Waals surface area contributed by atoms with Gasteiger partial charge in [0.25, 0.3) is 0 Å². The molecule has 106 valence electrons. The summed E-state index contributed by atoms with van der Waals surface area (Å²) >= 11 is 0. The van der Waals surface area contributed by atoms with Crippen molar-refractivity contribution >= 4 is 11.8 Å². The van der Waals surface area contributed by atoms with Gasteiger partial charge in [-0.25, -0.2) is 4.98 Å². The van der Waals surface area contributed by atoms with Crippen molar-refractivity contribution in [2.75, 3.05) is 11.9 Å². The summed E-state index contributed by atoms with van der Waals surface area (Å²) in [5.41, 5.74) is 0.156. The fourth-order valence-electron chi connectivity index (χ4n) is 3.02. The molecule has 1 saturated carbocycles. The van der Waals surface area contributed by atoms with Gasteiger partial charge in [0.1, 0.15) is 11.9 Å². The van der Waals surface area contributed by atoms with Crippen molar-refractivity contribution < 1.29 is 9.90 Å². The Balaban J connectivity index is 2.27. The van der Waals surface area contributed by atoms with Crippen LogP contribution < -0.4 is 4.90 Å². The average Bonchev–Trinajstić information content (AvgIpc) is 2.47. The van der Waals surface area contributed by atoms with Gasteiger partial charge in [0.05, 0.1) is 17.5 Å². The predicted octanol–water partition coefficient (Wildman–Crippen LogP) is 2.57. The van der Waals surface area contributed by atoms with E-state index in [2.05, 4.69) is 4.98 Å². The summed E-state index contributed by atoms with van der Waals surface area (Å²) in [5.74, 6) is -0.0421. The smallest absolute Gasteiger partial charge is 0.305 e. The molecule has 0 saturated heterocycles. The number of pyridine rings is 1. The van der Waals surface area contributed by atoms with Gasteiger partial charge in [0, 0.05) is 13.2 Å². The topological polar surface area (TPSA) is 77.2 Å². The molecule has 1 aliphatic carbocycles. The van der Waals surface area contributed by atoms with Crippen LogP contribution in [0.3, 0.4) is 0 Å². The number of anilines is 1. The third-order valence-electron chi connectivity index (χ3n) is 4.20. The molecule has 0 aliphatic heterocycles. The van der Waals surface area contributed by atoms with Crippen LogP contribution in [-0.2, 0) is 4.79 Å². The molecule has 0 bridgehead atoms. The number of aromatic nitrogens is 1. The standard InChI is InChI=1S/C15H19N3O2/c1-18(13-6-5-12(10-16)11-17-13)15(9-14(19)20)7-3-2-4-8-15/h5-6,11H,2-4,7-9H2,1H3,(H,19,20). The van der Waals surface area contributed by atoms with Gasteiger partial charge in [0.15, 0.2) is 0 Å². The largest absolute Gasteiger partial charge is 0.481 e. The van der Waals surface area contributed by atoms with Crippen molar-refractivity contribution in [3.63, 3.8) is 0 Å². The number of rotatable bonds is 4. The molecule has 0 unspecified atom stereocenters. The number of carbonyl (C=O) groups is 1. The molecular weight excluding hydrogens is 254 g/mol. The fourth-order valence-corrected chi connectivity index (χ4v) is 3.02. The molecule has 5 heteroatoms. The number of hydrogen-bond acceptors (Lipinski definition) is 4. The van der Waals surface area contributed by atoms with Gasteiger partial charge in [-0.15, -0.1) is 0 Å². The number of carboxylic acids is 1. The first kappa shape index (κ1) is 14.3. The molecule has 2 rings (SSSR count). The second-order valence-corrected chi connectivity index (χ2v) is 5.43. The maximum Gasteiger partial charge on any atom is 0.305 e. The van der Waals surface area contributed by atoms with Gasteiger partial charge in [-0.1, -0.05) is 19.3 Å². The lowest BCUT2D eigenvalue weighted by Crippen LogP contribution is -2.50. The maximum absolute atomic E-state index is 11.2. The molecule has 0 aromatic carbocycles. The van der Waals surface area contributed by atoms with Gasteiger partial charge in [-0.3, -0.25) is 4.79 Å². The van der Waals surface area contributed by atoms with E-state index in [1.807, 2.05) is 18.0 Å². The molecule has 1 aromatic rings. The number of aliphatic carboxylic acids is 1. The van der Waals surface area contributed by atoms with E-state index < -0.39 is 5.97 Å². The van der Waals surface area contributed by atoms with E-state index in [1.54, 1.807) is 12.1 Å². The van der Waals surface area contributed by atoms with Crippen LogP contribution in [0.4, 0.5) is 5.82 Å². The SMILES string of the molecule is CN(c1ccc(C#N)cn1)C1(CC(=O)O)CCCCC1. The highest BCUT2D eigenvalue weighted by atomic mass is 16.4. The molecule has 0 amide bonds. The molecule has 1 N–H and O–H groups in total. The summed E-state index contributed by atoms with van der Waals surface area (Å²) in [6.45, 7) is 0. The van der Waals surface area contributed by atoms with Gasteiger partial charge in [-0.2, -0.15) is 5.26 Å². The molecule has 0 radical (unpaired) electrons. The van der Waals surface area contributed by atoms with Crippen LogP contribution in [0.5, 0.6) is 0 Å². The Kier molecular flexibility index (Phi) is 4.23. The quantitative estimate of drug-likeness (QED) is 0.912. The minimum Gasteiger partial charge on any atom is -0.481 e. The Morgan fingerprint density at radius 1 is 1.45 bits per heavy atom. The number of hydrogen-bond donors (Lipinski definition) is 1. The first-order valence-corrected chi connectivity index (χ1v) is 6.89. The van der Waals surface area contributed by atoms with Crippen molar-refractivity contribution in [3.8, 4) is 6.07 Å². The second kappa shape index (κ2) is 5.91. The normalized spacial score (nSPS) is 17.2. The lowest BCUT2D eigenvalue weighted by Gasteiger charge is -2.44. The second-order valence-electron chi connectivity index (χ2n) is 5.43. The summed E-state index contributed by atoms with van der Waals surface area (Å²) in [6.07, 6.45) is 6.67. The van der Waals surface area contributed by atoms with Crippen molar-refractivity contribution in [2.45, 2.75) is 44.1 Å². The van der Waals surface area contributed by atoms with Crippen LogP contribution in [0, 0.1) is 11.3 Å². The minimum atomic E-state index is -0.771. The summed E-state index contributed by atoms with van der Waals surface area (Å²) in [5, 5.41) is 18.0. The highest BCUT2D eigenvalue weighted by molar-refractivity contribution is 5.69. The first-order chi connectivity index (χ1) is 9.57. The summed E-state index contributed by atoms with van der Waals surface area (Å²) in [7, 11) is 1.91. The lowest BCUT2D eigenvalue weighted by molar-refractivity contribution is -0.138. The van der Waals surface area contributed by atoms with Crippen LogP contribution in [0.1, 0.15) is 44.1 Å². The monoisotopic (exact) mass is 273 g/mol. The maximum atomic E-state index is 11.2. The lowest BCUT2D eigenvalue weighted by atomic mass is 9.78. The van der Waals surface area contributed by atoms with Crippen molar-refractivity contribution in [2.24, 2.45) is 0 Å². The Hall–Kier alpha value is -2.09. The van der Waals surface area contributed by atoms with E-state index in [-0.39, 0.29) is 12.0 Å². The highest BCUT2D eigenvalue weighted by Gasteiger charge is 2.38. The molecule has 1 aromatic heterocycles. The van der Waals surface area contributed by atoms with E-state index in [4.69, 9.17) is 5.26 Å². The average molecular weight is 273 g/mol. The summed E-state index contributed by atoms with van der Waals surface area (Å²) in [4.78, 5) is 17.5. The van der Waals surface area contributed by atoms with Crippen molar-refractivity contribution in [1.29, 1.82) is 5.26 Å². The highest BCUT2D eigenvalue weighted by Crippen LogP contribution is 2.37. The first-order valence-electron chi connectivity index (χ1n) is 6.89.